The van der Waals surface area contributed by atoms with Crippen LogP contribution >= 0.6 is 11.3 Å². The Kier molecular flexibility index (Phi) is 2.44. The minimum absolute atomic E-state index is 0.759. The van der Waals surface area contributed by atoms with Crippen molar-refractivity contribution in [2.24, 2.45) is 0 Å². The van der Waals surface area contributed by atoms with Crippen molar-refractivity contribution >= 4 is 37.3 Å². The molecule has 4 rings (SSSR count). The standard InChI is InChI=1S/C16H11N3S/c17-11-7-5-10(6-8-11)15-14-12-3-1-2-4-13(12)20-16(14)19-9-18-15/h1-9H,17H2. The number of nitrogen functional groups attached to an aromatic ring is 1. The summed E-state index contributed by atoms with van der Waals surface area (Å²) in [6.45, 7) is 0. The highest BCUT2D eigenvalue weighted by molar-refractivity contribution is 7.25. The molecule has 2 aromatic heterocycles. The Labute approximate surface area is 119 Å². The van der Waals surface area contributed by atoms with Crippen molar-refractivity contribution in [2.75, 3.05) is 5.73 Å². The van der Waals surface area contributed by atoms with Crippen LogP contribution in [-0.2, 0) is 0 Å². The van der Waals surface area contributed by atoms with E-state index in [1.807, 2.05) is 36.4 Å². The first kappa shape index (κ1) is 11.4. The van der Waals surface area contributed by atoms with Gasteiger partial charge in [-0.3, -0.25) is 0 Å². The van der Waals surface area contributed by atoms with E-state index in [9.17, 15) is 0 Å². The maximum Gasteiger partial charge on any atom is 0.128 e. The van der Waals surface area contributed by atoms with Crippen molar-refractivity contribution in [2.45, 2.75) is 0 Å². The SMILES string of the molecule is Nc1ccc(-c2ncnc3sc4ccccc4c23)cc1. The summed E-state index contributed by atoms with van der Waals surface area (Å²) in [5.74, 6) is 0. The van der Waals surface area contributed by atoms with E-state index >= 15 is 0 Å². The molecule has 0 spiro atoms. The number of hydrogen-bond donors (Lipinski definition) is 1. The number of anilines is 1. The third-order valence-corrected chi connectivity index (χ3v) is 4.44. The maximum atomic E-state index is 5.76. The van der Waals surface area contributed by atoms with Crippen LogP contribution in [0.15, 0.2) is 54.9 Å². The van der Waals surface area contributed by atoms with Crippen LogP contribution in [0.25, 0.3) is 31.6 Å². The summed E-state index contributed by atoms with van der Waals surface area (Å²) in [6, 6.07) is 16.2. The fourth-order valence-electron chi connectivity index (χ4n) is 2.42. The highest BCUT2D eigenvalue weighted by atomic mass is 32.1. The van der Waals surface area contributed by atoms with Crippen LogP contribution in [0.3, 0.4) is 0 Å². The lowest BCUT2D eigenvalue weighted by Gasteiger charge is -2.03. The molecular weight excluding hydrogens is 266 g/mol. The highest BCUT2D eigenvalue weighted by Gasteiger charge is 2.12. The van der Waals surface area contributed by atoms with Gasteiger partial charge in [-0.05, 0) is 18.2 Å². The Morgan fingerprint density at radius 2 is 1.70 bits per heavy atom. The molecule has 0 fully saturated rings. The zero-order valence-corrected chi connectivity index (χ0v) is 11.4. The van der Waals surface area contributed by atoms with Crippen LogP contribution in [0.4, 0.5) is 5.69 Å². The van der Waals surface area contributed by atoms with Crippen LogP contribution < -0.4 is 5.73 Å². The maximum absolute atomic E-state index is 5.76. The fraction of sp³-hybridized carbons (Fsp3) is 0. The first-order valence-electron chi connectivity index (χ1n) is 6.31. The van der Waals surface area contributed by atoms with Gasteiger partial charge in [0.15, 0.2) is 0 Å². The Hall–Kier alpha value is -2.46. The molecule has 0 unspecified atom stereocenters. The zero-order chi connectivity index (χ0) is 13.5. The second kappa shape index (κ2) is 4.28. The van der Waals surface area contributed by atoms with Crippen molar-refractivity contribution in [3.05, 3.63) is 54.9 Å². The summed E-state index contributed by atoms with van der Waals surface area (Å²) in [6.07, 6.45) is 1.63. The molecule has 0 bridgehead atoms. The van der Waals surface area contributed by atoms with E-state index in [1.54, 1.807) is 17.7 Å². The van der Waals surface area contributed by atoms with Gasteiger partial charge in [0.25, 0.3) is 0 Å². The van der Waals surface area contributed by atoms with Gasteiger partial charge < -0.3 is 5.73 Å². The molecule has 0 aliphatic heterocycles. The van der Waals surface area contributed by atoms with Crippen molar-refractivity contribution in [3.8, 4) is 11.3 Å². The summed E-state index contributed by atoms with van der Waals surface area (Å²) in [5.41, 5.74) is 8.55. The van der Waals surface area contributed by atoms with Gasteiger partial charge in [-0.1, -0.05) is 30.3 Å². The topological polar surface area (TPSA) is 51.8 Å². The molecule has 0 saturated heterocycles. The number of nitrogens with two attached hydrogens (primary N) is 1. The minimum atomic E-state index is 0.759. The first-order valence-corrected chi connectivity index (χ1v) is 7.13. The smallest absolute Gasteiger partial charge is 0.128 e. The van der Waals surface area contributed by atoms with Crippen LogP contribution in [0.5, 0.6) is 0 Å². The van der Waals surface area contributed by atoms with E-state index < -0.39 is 0 Å². The lowest BCUT2D eigenvalue weighted by Crippen LogP contribution is -1.88. The highest BCUT2D eigenvalue weighted by Crippen LogP contribution is 2.37. The molecule has 0 atom stereocenters. The van der Waals surface area contributed by atoms with Crippen LogP contribution in [0, 0.1) is 0 Å². The average molecular weight is 277 g/mol. The van der Waals surface area contributed by atoms with Gasteiger partial charge in [0.2, 0.25) is 0 Å². The molecular formula is C16H11N3S. The molecule has 3 nitrogen and oxygen atoms in total. The molecule has 2 aromatic carbocycles. The Bertz CT molecular complexity index is 910. The van der Waals surface area contributed by atoms with E-state index in [0.717, 1.165) is 27.2 Å². The van der Waals surface area contributed by atoms with Crippen molar-refractivity contribution in [3.63, 3.8) is 0 Å². The summed E-state index contributed by atoms with van der Waals surface area (Å²) < 4.78 is 1.24. The van der Waals surface area contributed by atoms with Crippen LogP contribution in [-0.4, -0.2) is 9.97 Å². The molecule has 20 heavy (non-hydrogen) atoms. The van der Waals surface area contributed by atoms with Crippen LogP contribution in [0.1, 0.15) is 0 Å². The van der Waals surface area contributed by atoms with Crippen molar-refractivity contribution in [1.82, 2.24) is 9.97 Å². The van der Waals surface area contributed by atoms with E-state index in [4.69, 9.17) is 5.73 Å². The molecule has 96 valence electrons. The molecule has 2 N–H and O–H groups in total. The lowest BCUT2D eigenvalue weighted by atomic mass is 10.1. The number of hydrogen-bond acceptors (Lipinski definition) is 4. The summed E-state index contributed by atoms with van der Waals surface area (Å²) in [5, 5.41) is 2.33. The molecule has 4 aromatic rings. The molecule has 2 heterocycles. The van der Waals surface area contributed by atoms with Gasteiger partial charge in [0.1, 0.15) is 11.2 Å². The Balaban J connectivity index is 2.11. The number of thiophene rings is 1. The third-order valence-electron chi connectivity index (χ3n) is 3.36. The molecule has 4 heteroatoms. The molecule has 0 aliphatic carbocycles. The predicted molar refractivity (Wildman–Crippen MR) is 84.8 cm³/mol. The van der Waals surface area contributed by atoms with Gasteiger partial charge in [-0.2, -0.15) is 0 Å². The molecule has 0 saturated carbocycles. The van der Waals surface area contributed by atoms with E-state index in [0.29, 0.717) is 0 Å². The van der Waals surface area contributed by atoms with Gasteiger partial charge in [0.05, 0.1) is 5.69 Å². The van der Waals surface area contributed by atoms with Gasteiger partial charge in [-0.15, -0.1) is 11.3 Å². The number of aromatic nitrogens is 2. The van der Waals surface area contributed by atoms with Gasteiger partial charge in [0, 0.05) is 26.7 Å². The third kappa shape index (κ3) is 1.66. The average Bonchev–Trinajstić information content (AvgIpc) is 2.86. The summed E-state index contributed by atoms with van der Waals surface area (Å²) >= 11 is 1.70. The molecule has 0 radical (unpaired) electrons. The fourth-order valence-corrected chi connectivity index (χ4v) is 3.46. The van der Waals surface area contributed by atoms with Gasteiger partial charge >= 0.3 is 0 Å². The van der Waals surface area contributed by atoms with Crippen molar-refractivity contribution in [1.29, 1.82) is 0 Å². The number of benzene rings is 2. The normalized spacial score (nSPS) is 11.2. The minimum Gasteiger partial charge on any atom is -0.399 e. The van der Waals surface area contributed by atoms with E-state index in [-0.39, 0.29) is 0 Å². The first-order chi connectivity index (χ1) is 9.83. The number of nitrogens with zero attached hydrogens (tertiary/aromatic N) is 2. The largest absolute Gasteiger partial charge is 0.399 e. The zero-order valence-electron chi connectivity index (χ0n) is 10.6. The van der Waals surface area contributed by atoms with E-state index in [2.05, 4.69) is 22.1 Å². The second-order valence-corrected chi connectivity index (χ2v) is 5.65. The summed E-state index contributed by atoms with van der Waals surface area (Å²) in [7, 11) is 0. The lowest BCUT2D eigenvalue weighted by molar-refractivity contribution is 1.24. The molecule has 0 amide bonds. The summed E-state index contributed by atoms with van der Waals surface area (Å²) in [4.78, 5) is 9.91. The quantitative estimate of drug-likeness (QED) is 0.533. The van der Waals surface area contributed by atoms with Crippen molar-refractivity contribution < 1.29 is 0 Å². The number of fused-ring (bicyclic) bond motifs is 3. The second-order valence-electron chi connectivity index (χ2n) is 4.62. The van der Waals surface area contributed by atoms with E-state index in [1.165, 1.54) is 10.1 Å². The predicted octanol–water partition coefficient (Wildman–Crippen LogP) is 4.09. The Morgan fingerprint density at radius 1 is 0.900 bits per heavy atom. The Morgan fingerprint density at radius 3 is 2.55 bits per heavy atom. The number of rotatable bonds is 1. The monoisotopic (exact) mass is 277 g/mol. The molecule has 0 aliphatic rings. The van der Waals surface area contributed by atoms with Crippen LogP contribution in [0.2, 0.25) is 0 Å². The van der Waals surface area contributed by atoms with Gasteiger partial charge in [-0.25, -0.2) is 9.97 Å².